The van der Waals surface area contributed by atoms with Crippen molar-refractivity contribution in [2.75, 3.05) is 27.9 Å². The molecule has 10 nitrogen and oxygen atoms in total. The number of esters is 1. The number of benzene rings is 2. The Balaban J connectivity index is 1.55. The molecule has 1 amide bonds. The number of carbonyl (C=O) groups excluding carboxylic acids is 2. The van der Waals surface area contributed by atoms with Crippen LogP contribution in [0.1, 0.15) is 21.8 Å². The number of carbonyl (C=O) groups is 2. The monoisotopic (exact) mass is 495 g/mol. The van der Waals surface area contributed by atoms with Crippen LogP contribution in [0.4, 0.5) is 13.2 Å². The molecular weight excluding hydrogens is 475 g/mol. The molecule has 0 fully saturated rings. The minimum atomic E-state index is -4.51. The maximum atomic E-state index is 12.6. The van der Waals surface area contributed by atoms with Crippen molar-refractivity contribution in [3.05, 3.63) is 53.4 Å². The van der Waals surface area contributed by atoms with Gasteiger partial charge in [0.2, 0.25) is 11.6 Å². The molecule has 0 saturated carbocycles. The molecule has 0 unspecified atom stereocenters. The Hall–Kier alpha value is -4.29. The van der Waals surface area contributed by atoms with Gasteiger partial charge in [-0.15, -0.1) is 10.2 Å². The topological polar surface area (TPSA) is 122 Å². The summed E-state index contributed by atoms with van der Waals surface area (Å²) < 4.78 is 64.1. The maximum absolute atomic E-state index is 12.6. The second-order valence-electron chi connectivity index (χ2n) is 6.83. The normalized spacial score (nSPS) is 11.0. The maximum Gasteiger partial charge on any atom is 0.416 e. The van der Waals surface area contributed by atoms with E-state index in [1.807, 2.05) is 0 Å². The lowest BCUT2D eigenvalue weighted by atomic mass is 10.1. The minimum Gasteiger partial charge on any atom is -0.493 e. The molecule has 0 saturated heterocycles. The molecule has 35 heavy (non-hydrogen) atoms. The number of aromatic nitrogens is 2. The third-order valence-electron chi connectivity index (χ3n) is 4.60. The van der Waals surface area contributed by atoms with Crippen LogP contribution in [0.15, 0.2) is 40.8 Å². The fourth-order valence-corrected chi connectivity index (χ4v) is 2.89. The molecule has 0 spiro atoms. The summed E-state index contributed by atoms with van der Waals surface area (Å²) in [7, 11) is 4.37. The van der Waals surface area contributed by atoms with Gasteiger partial charge in [0.05, 0.1) is 26.9 Å². The number of rotatable bonds is 9. The third kappa shape index (κ3) is 6.19. The summed E-state index contributed by atoms with van der Waals surface area (Å²) in [5.41, 5.74) is -0.468. The predicted molar refractivity (Wildman–Crippen MR) is 113 cm³/mol. The van der Waals surface area contributed by atoms with Crippen molar-refractivity contribution in [3.8, 4) is 28.7 Å². The molecule has 0 aliphatic rings. The second-order valence-corrected chi connectivity index (χ2v) is 6.83. The summed E-state index contributed by atoms with van der Waals surface area (Å²) in [5.74, 6) is -0.350. The lowest BCUT2D eigenvalue weighted by molar-refractivity contribution is -0.144. The molecule has 0 atom stereocenters. The summed E-state index contributed by atoms with van der Waals surface area (Å²) in [6.07, 6.45) is -4.51. The van der Waals surface area contributed by atoms with E-state index in [2.05, 4.69) is 15.5 Å². The number of ether oxygens (including phenoxy) is 4. The van der Waals surface area contributed by atoms with E-state index in [0.717, 1.165) is 24.3 Å². The third-order valence-corrected chi connectivity index (χ3v) is 4.60. The van der Waals surface area contributed by atoms with Crippen LogP contribution in [0.5, 0.6) is 17.2 Å². The SMILES string of the molecule is COc1cc(-c2nnc(COC(=O)CNC(=O)c3ccc(C(F)(F)F)cc3)o2)cc(OC)c1OC. The van der Waals surface area contributed by atoms with Crippen LogP contribution in [-0.4, -0.2) is 49.9 Å². The highest BCUT2D eigenvalue weighted by atomic mass is 19.4. The van der Waals surface area contributed by atoms with Gasteiger partial charge in [-0.1, -0.05) is 0 Å². The van der Waals surface area contributed by atoms with Gasteiger partial charge >= 0.3 is 12.1 Å². The molecule has 2 aromatic carbocycles. The lowest BCUT2D eigenvalue weighted by Crippen LogP contribution is -2.30. The smallest absolute Gasteiger partial charge is 0.416 e. The number of nitrogens with zero attached hydrogens (tertiary/aromatic N) is 2. The molecule has 0 aliphatic carbocycles. The molecule has 3 rings (SSSR count). The first-order valence-electron chi connectivity index (χ1n) is 9.90. The molecule has 1 heterocycles. The molecule has 13 heteroatoms. The van der Waals surface area contributed by atoms with Crippen molar-refractivity contribution in [1.82, 2.24) is 15.5 Å². The van der Waals surface area contributed by atoms with Crippen LogP contribution in [0.25, 0.3) is 11.5 Å². The Morgan fingerprint density at radius 3 is 2.14 bits per heavy atom. The van der Waals surface area contributed by atoms with Crippen molar-refractivity contribution in [2.45, 2.75) is 12.8 Å². The molecule has 186 valence electrons. The van der Waals surface area contributed by atoms with Crippen molar-refractivity contribution in [1.29, 1.82) is 0 Å². The van der Waals surface area contributed by atoms with E-state index >= 15 is 0 Å². The zero-order valence-corrected chi connectivity index (χ0v) is 18.8. The Morgan fingerprint density at radius 1 is 0.971 bits per heavy atom. The van der Waals surface area contributed by atoms with Gasteiger partial charge in [0, 0.05) is 11.1 Å². The summed E-state index contributed by atoms with van der Waals surface area (Å²) >= 11 is 0. The largest absolute Gasteiger partial charge is 0.493 e. The number of amides is 1. The number of halogens is 3. The highest BCUT2D eigenvalue weighted by molar-refractivity contribution is 5.95. The first kappa shape index (κ1) is 25.3. The van der Waals surface area contributed by atoms with Gasteiger partial charge in [-0.2, -0.15) is 13.2 Å². The van der Waals surface area contributed by atoms with Crippen LogP contribution in [0.2, 0.25) is 0 Å². The van der Waals surface area contributed by atoms with Gasteiger partial charge in [-0.3, -0.25) is 9.59 Å². The van der Waals surface area contributed by atoms with Gasteiger partial charge in [-0.25, -0.2) is 0 Å². The van der Waals surface area contributed by atoms with E-state index in [1.165, 1.54) is 21.3 Å². The van der Waals surface area contributed by atoms with E-state index in [-0.39, 0.29) is 24.0 Å². The van der Waals surface area contributed by atoms with E-state index in [1.54, 1.807) is 12.1 Å². The highest BCUT2D eigenvalue weighted by Crippen LogP contribution is 2.40. The first-order valence-corrected chi connectivity index (χ1v) is 9.90. The van der Waals surface area contributed by atoms with E-state index in [9.17, 15) is 22.8 Å². The number of hydrogen-bond acceptors (Lipinski definition) is 9. The summed E-state index contributed by atoms with van der Waals surface area (Å²) in [4.78, 5) is 24.0. The molecule has 3 aromatic rings. The summed E-state index contributed by atoms with van der Waals surface area (Å²) in [6, 6.07) is 6.75. The fraction of sp³-hybridized carbons (Fsp3) is 0.273. The van der Waals surface area contributed by atoms with Crippen molar-refractivity contribution >= 4 is 11.9 Å². The first-order chi connectivity index (χ1) is 16.7. The predicted octanol–water partition coefficient (Wildman–Crippen LogP) is 3.25. The van der Waals surface area contributed by atoms with Crippen molar-refractivity contribution in [2.24, 2.45) is 0 Å². The highest BCUT2D eigenvalue weighted by Gasteiger charge is 2.30. The average molecular weight is 495 g/mol. The van der Waals surface area contributed by atoms with Crippen molar-refractivity contribution in [3.63, 3.8) is 0 Å². The summed E-state index contributed by atoms with van der Waals surface area (Å²) in [6.45, 7) is -0.889. The molecule has 0 bridgehead atoms. The van der Waals surface area contributed by atoms with Crippen LogP contribution in [-0.2, 0) is 22.3 Å². The molecule has 0 radical (unpaired) electrons. The van der Waals surface area contributed by atoms with Gasteiger partial charge in [0.1, 0.15) is 6.54 Å². The zero-order valence-electron chi connectivity index (χ0n) is 18.8. The molecule has 1 aromatic heterocycles. The molecular formula is C22H20F3N3O7. The van der Waals surface area contributed by atoms with Crippen LogP contribution in [0, 0.1) is 0 Å². The standard InChI is InChI=1S/C22H20F3N3O7/c1-31-15-8-13(9-16(32-2)19(15)33-3)21-28-27-17(35-21)11-34-18(29)10-26-20(30)12-4-6-14(7-5-12)22(23,24)25/h4-9H,10-11H2,1-3H3,(H,26,30). The number of nitrogens with one attached hydrogen (secondary N) is 1. The second kappa shape index (κ2) is 10.8. The van der Waals surface area contributed by atoms with Crippen LogP contribution >= 0.6 is 0 Å². The van der Waals surface area contributed by atoms with Gasteiger partial charge < -0.3 is 28.7 Å². The Kier molecular flexibility index (Phi) is 7.79. The minimum absolute atomic E-state index is 0.0174. The fourth-order valence-electron chi connectivity index (χ4n) is 2.89. The Labute approximate surface area is 196 Å². The zero-order chi connectivity index (χ0) is 25.6. The Bertz CT molecular complexity index is 1170. The van der Waals surface area contributed by atoms with Gasteiger partial charge in [0.25, 0.3) is 11.8 Å². The van der Waals surface area contributed by atoms with E-state index in [0.29, 0.717) is 22.8 Å². The van der Waals surface area contributed by atoms with E-state index in [4.69, 9.17) is 23.4 Å². The van der Waals surface area contributed by atoms with Gasteiger partial charge in [0.15, 0.2) is 18.1 Å². The van der Waals surface area contributed by atoms with E-state index < -0.39 is 30.2 Å². The number of hydrogen-bond donors (Lipinski definition) is 1. The summed E-state index contributed by atoms with van der Waals surface area (Å²) in [5, 5.41) is 9.96. The van der Waals surface area contributed by atoms with Gasteiger partial charge in [-0.05, 0) is 36.4 Å². The van der Waals surface area contributed by atoms with Crippen molar-refractivity contribution < 1.29 is 46.1 Å². The Morgan fingerprint density at radius 2 is 1.60 bits per heavy atom. The molecule has 0 aliphatic heterocycles. The van der Waals surface area contributed by atoms with Crippen LogP contribution in [0.3, 0.4) is 0 Å². The average Bonchev–Trinajstić information content (AvgIpc) is 3.33. The number of alkyl halides is 3. The van der Waals surface area contributed by atoms with Crippen LogP contribution < -0.4 is 19.5 Å². The lowest BCUT2D eigenvalue weighted by Gasteiger charge is -2.12. The number of methoxy groups -OCH3 is 3. The quantitative estimate of drug-likeness (QED) is 0.446. The molecule has 1 N–H and O–H groups in total.